The minimum absolute atomic E-state index is 0.658. The molecule has 15 heavy (non-hydrogen) atoms. The van der Waals surface area contributed by atoms with E-state index in [1.54, 1.807) is 12.4 Å². The van der Waals surface area contributed by atoms with Crippen LogP contribution in [0.5, 0.6) is 0 Å². The molecule has 78 valence electrons. The lowest BCUT2D eigenvalue weighted by molar-refractivity contribution is 0.947. The van der Waals surface area contributed by atoms with Crippen molar-refractivity contribution < 1.29 is 0 Å². The first-order chi connectivity index (χ1) is 7.25. The fourth-order valence-electron chi connectivity index (χ4n) is 0.904. The van der Waals surface area contributed by atoms with E-state index in [0.717, 1.165) is 16.4 Å². The van der Waals surface area contributed by atoms with Crippen LogP contribution in [-0.2, 0) is 5.75 Å². The van der Waals surface area contributed by atoms with E-state index in [4.69, 9.17) is 5.73 Å². The molecule has 0 amide bonds. The van der Waals surface area contributed by atoms with Gasteiger partial charge in [0, 0.05) is 29.7 Å². The quantitative estimate of drug-likeness (QED) is 0.646. The van der Waals surface area contributed by atoms with Gasteiger partial charge in [0.1, 0.15) is 10.7 Å². The second-order valence-corrected chi connectivity index (χ2v) is 4.64. The standard InChI is InChI=1S/C8H9N5S2/c1-5-2-10-8(11-3-5)14-4-6-7(9)15-13-12-6/h2-3H,4,9H2,1H3. The first-order valence-electron chi connectivity index (χ1n) is 4.24. The molecule has 0 atom stereocenters. The Morgan fingerprint density at radius 3 is 2.73 bits per heavy atom. The van der Waals surface area contributed by atoms with Crippen molar-refractivity contribution in [3.63, 3.8) is 0 Å². The largest absolute Gasteiger partial charge is 0.388 e. The van der Waals surface area contributed by atoms with Crippen molar-refractivity contribution in [2.75, 3.05) is 5.73 Å². The molecule has 0 radical (unpaired) electrons. The summed E-state index contributed by atoms with van der Waals surface area (Å²) in [5.41, 5.74) is 7.52. The lowest BCUT2D eigenvalue weighted by atomic mass is 10.4. The third-order valence-electron chi connectivity index (χ3n) is 1.68. The highest BCUT2D eigenvalue weighted by atomic mass is 32.2. The maximum absolute atomic E-state index is 5.67. The molecular formula is C8H9N5S2. The Hall–Kier alpha value is -1.21. The Bertz CT molecular complexity index is 439. The van der Waals surface area contributed by atoms with Crippen molar-refractivity contribution >= 4 is 28.3 Å². The second kappa shape index (κ2) is 4.54. The van der Waals surface area contributed by atoms with Gasteiger partial charge in [-0.05, 0) is 12.5 Å². The minimum Gasteiger partial charge on any atom is -0.388 e. The van der Waals surface area contributed by atoms with E-state index in [2.05, 4.69) is 19.6 Å². The summed E-state index contributed by atoms with van der Waals surface area (Å²) >= 11 is 2.71. The van der Waals surface area contributed by atoms with Crippen LogP contribution in [0.3, 0.4) is 0 Å². The molecule has 2 heterocycles. The number of nitrogens with zero attached hydrogens (tertiary/aromatic N) is 4. The molecule has 0 saturated carbocycles. The van der Waals surface area contributed by atoms with E-state index >= 15 is 0 Å². The van der Waals surface area contributed by atoms with Crippen LogP contribution in [0.2, 0.25) is 0 Å². The number of rotatable bonds is 3. The summed E-state index contributed by atoms with van der Waals surface area (Å²) in [6.45, 7) is 1.96. The minimum atomic E-state index is 0.658. The summed E-state index contributed by atoms with van der Waals surface area (Å²) < 4.78 is 3.76. The Morgan fingerprint density at radius 2 is 2.13 bits per heavy atom. The van der Waals surface area contributed by atoms with Crippen LogP contribution < -0.4 is 5.73 Å². The average molecular weight is 239 g/mol. The number of nitrogen functional groups attached to an aromatic ring is 1. The molecule has 0 aliphatic heterocycles. The van der Waals surface area contributed by atoms with Crippen LogP contribution in [0.4, 0.5) is 5.00 Å². The molecule has 0 aliphatic carbocycles. The van der Waals surface area contributed by atoms with Crippen molar-refractivity contribution in [2.24, 2.45) is 0 Å². The van der Waals surface area contributed by atoms with Gasteiger partial charge >= 0.3 is 0 Å². The van der Waals surface area contributed by atoms with Crippen LogP contribution in [0.25, 0.3) is 0 Å². The van der Waals surface area contributed by atoms with E-state index in [1.165, 1.54) is 23.3 Å². The number of hydrogen-bond donors (Lipinski definition) is 1. The van der Waals surface area contributed by atoms with Gasteiger partial charge in [0.15, 0.2) is 5.16 Å². The molecule has 7 heteroatoms. The number of thioether (sulfide) groups is 1. The molecule has 2 N–H and O–H groups in total. The Kier molecular flexibility index (Phi) is 3.12. The smallest absolute Gasteiger partial charge is 0.187 e. The van der Waals surface area contributed by atoms with E-state index in [9.17, 15) is 0 Å². The normalized spacial score (nSPS) is 10.5. The maximum atomic E-state index is 5.67. The predicted octanol–water partition coefficient (Wildman–Crippen LogP) is 1.51. The van der Waals surface area contributed by atoms with Crippen molar-refractivity contribution in [2.45, 2.75) is 17.8 Å². The van der Waals surface area contributed by atoms with E-state index in [-0.39, 0.29) is 0 Å². The SMILES string of the molecule is Cc1cnc(SCc2nnsc2N)nc1. The third-order valence-corrected chi connectivity index (χ3v) is 3.16. The van der Waals surface area contributed by atoms with Crippen LogP contribution in [0, 0.1) is 6.92 Å². The highest BCUT2D eigenvalue weighted by Gasteiger charge is 2.05. The topological polar surface area (TPSA) is 77.6 Å². The van der Waals surface area contributed by atoms with Crippen molar-refractivity contribution in [1.29, 1.82) is 0 Å². The molecule has 0 saturated heterocycles. The fourth-order valence-corrected chi connectivity index (χ4v) is 2.17. The number of anilines is 1. The van der Waals surface area contributed by atoms with Crippen LogP contribution in [0.1, 0.15) is 11.3 Å². The van der Waals surface area contributed by atoms with E-state index < -0.39 is 0 Å². The molecule has 0 aromatic carbocycles. The van der Waals surface area contributed by atoms with Gasteiger partial charge < -0.3 is 5.73 Å². The molecule has 0 bridgehead atoms. The first kappa shape index (κ1) is 10.3. The number of hydrogen-bond acceptors (Lipinski definition) is 7. The van der Waals surface area contributed by atoms with Gasteiger partial charge in [0.05, 0.1) is 0 Å². The summed E-state index contributed by atoms with van der Waals surface area (Å²) in [6, 6.07) is 0. The molecular weight excluding hydrogens is 230 g/mol. The zero-order valence-corrected chi connectivity index (χ0v) is 9.68. The zero-order chi connectivity index (χ0) is 10.7. The number of aryl methyl sites for hydroxylation is 1. The Balaban J connectivity index is 1.99. The van der Waals surface area contributed by atoms with Crippen LogP contribution >= 0.6 is 23.3 Å². The molecule has 2 rings (SSSR count). The Morgan fingerprint density at radius 1 is 1.40 bits per heavy atom. The van der Waals surface area contributed by atoms with Gasteiger partial charge in [0.2, 0.25) is 0 Å². The molecule has 5 nitrogen and oxygen atoms in total. The maximum Gasteiger partial charge on any atom is 0.187 e. The lowest BCUT2D eigenvalue weighted by Gasteiger charge is -1.97. The fraction of sp³-hybridized carbons (Fsp3) is 0.250. The molecule has 0 spiro atoms. The summed E-state index contributed by atoms with van der Waals surface area (Å²) in [6.07, 6.45) is 3.58. The molecule has 2 aromatic heterocycles. The molecule has 0 unspecified atom stereocenters. The van der Waals surface area contributed by atoms with Gasteiger partial charge in [-0.2, -0.15) is 0 Å². The average Bonchev–Trinajstić information content (AvgIpc) is 2.63. The van der Waals surface area contributed by atoms with Gasteiger partial charge in [-0.25, -0.2) is 9.97 Å². The number of aromatic nitrogens is 4. The monoisotopic (exact) mass is 239 g/mol. The molecule has 2 aromatic rings. The van der Waals surface area contributed by atoms with Gasteiger partial charge in [0.25, 0.3) is 0 Å². The van der Waals surface area contributed by atoms with Crippen molar-refractivity contribution in [3.8, 4) is 0 Å². The van der Waals surface area contributed by atoms with Gasteiger partial charge in [-0.1, -0.05) is 16.3 Å². The summed E-state index contributed by atoms with van der Waals surface area (Å²) in [4.78, 5) is 8.35. The first-order valence-corrected chi connectivity index (χ1v) is 6.00. The van der Waals surface area contributed by atoms with Gasteiger partial charge in [-0.3, -0.25) is 0 Å². The molecule has 0 aliphatic rings. The summed E-state index contributed by atoms with van der Waals surface area (Å²) in [7, 11) is 0. The molecule has 0 fully saturated rings. The second-order valence-electron chi connectivity index (χ2n) is 2.92. The van der Waals surface area contributed by atoms with Crippen LogP contribution in [0.15, 0.2) is 17.6 Å². The highest BCUT2D eigenvalue weighted by Crippen LogP contribution is 2.22. The van der Waals surface area contributed by atoms with Crippen molar-refractivity contribution in [3.05, 3.63) is 23.7 Å². The van der Waals surface area contributed by atoms with E-state index in [0.29, 0.717) is 10.8 Å². The highest BCUT2D eigenvalue weighted by molar-refractivity contribution is 7.98. The van der Waals surface area contributed by atoms with Gasteiger partial charge in [-0.15, -0.1) is 5.10 Å². The van der Waals surface area contributed by atoms with E-state index in [1.807, 2.05) is 6.92 Å². The predicted molar refractivity (Wildman–Crippen MR) is 60.7 cm³/mol. The Labute approximate surface area is 95.3 Å². The summed E-state index contributed by atoms with van der Waals surface area (Å²) in [5, 5.41) is 5.31. The van der Waals surface area contributed by atoms with Crippen molar-refractivity contribution in [1.82, 2.24) is 19.6 Å². The lowest BCUT2D eigenvalue weighted by Crippen LogP contribution is -1.91. The summed E-state index contributed by atoms with van der Waals surface area (Å²) in [5.74, 6) is 0.658. The zero-order valence-electron chi connectivity index (χ0n) is 8.04. The third kappa shape index (κ3) is 2.63. The number of nitrogens with two attached hydrogens (primary N) is 1. The van der Waals surface area contributed by atoms with Crippen LogP contribution in [-0.4, -0.2) is 19.6 Å².